The lowest BCUT2D eigenvalue weighted by Gasteiger charge is -2.24. The molecule has 1 N–H and O–H groups in total. The van der Waals surface area contributed by atoms with Gasteiger partial charge >= 0.3 is 0 Å². The molecule has 0 bridgehead atoms. The average Bonchev–Trinajstić information content (AvgIpc) is 3.14. The van der Waals surface area contributed by atoms with Crippen LogP contribution in [0.15, 0.2) is 30.3 Å². The van der Waals surface area contributed by atoms with Crippen LogP contribution in [0.2, 0.25) is 0 Å². The smallest absolute Gasteiger partial charge is 0.245 e. The maximum Gasteiger partial charge on any atom is 0.245 e. The first kappa shape index (κ1) is 14.5. The van der Waals surface area contributed by atoms with Crippen molar-refractivity contribution in [3.8, 4) is 0 Å². The van der Waals surface area contributed by atoms with E-state index in [2.05, 4.69) is 12.2 Å². The third kappa shape index (κ3) is 3.11. The van der Waals surface area contributed by atoms with Gasteiger partial charge < -0.3 is 9.64 Å². The van der Waals surface area contributed by atoms with Crippen LogP contribution in [0.25, 0.3) is 0 Å². The van der Waals surface area contributed by atoms with Gasteiger partial charge in [-0.1, -0.05) is 37.3 Å². The van der Waals surface area contributed by atoms with Gasteiger partial charge in [-0.25, -0.2) is 0 Å². The number of nitrogens with zero attached hydrogens (tertiary/aromatic N) is 1. The van der Waals surface area contributed by atoms with E-state index >= 15 is 0 Å². The van der Waals surface area contributed by atoms with Crippen molar-refractivity contribution >= 4 is 5.91 Å². The third-order valence-corrected chi connectivity index (χ3v) is 4.59. The van der Waals surface area contributed by atoms with Crippen LogP contribution in [0.3, 0.4) is 0 Å². The maximum atomic E-state index is 12.7. The molecule has 4 heteroatoms. The van der Waals surface area contributed by atoms with Gasteiger partial charge in [0.05, 0.1) is 6.17 Å². The summed E-state index contributed by atoms with van der Waals surface area (Å²) in [6.45, 7) is 4.70. The van der Waals surface area contributed by atoms with E-state index in [9.17, 15) is 4.79 Å². The van der Waals surface area contributed by atoms with Crippen LogP contribution in [-0.2, 0) is 9.53 Å². The number of ether oxygens (including phenoxy) is 1. The summed E-state index contributed by atoms with van der Waals surface area (Å²) in [5.74, 6) is 0.832. The lowest BCUT2D eigenvalue weighted by molar-refractivity contribution is -0.130. The molecule has 4 nitrogen and oxygen atoms in total. The molecule has 114 valence electrons. The highest BCUT2D eigenvalue weighted by atomic mass is 16.5. The SMILES string of the molecule is CCC1NC(c2ccccc2)C(=O)N1CCC1CCOC1. The molecule has 0 aliphatic carbocycles. The first-order valence-electron chi connectivity index (χ1n) is 7.98. The monoisotopic (exact) mass is 288 g/mol. The molecule has 21 heavy (non-hydrogen) atoms. The molecule has 2 saturated heterocycles. The molecular formula is C17H24N2O2. The van der Waals surface area contributed by atoms with Crippen molar-refractivity contribution in [2.45, 2.75) is 38.4 Å². The molecule has 3 atom stereocenters. The van der Waals surface area contributed by atoms with Crippen molar-refractivity contribution in [2.24, 2.45) is 5.92 Å². The van der Waals surface area contributed by atoms with Crippen molar-refractivity contribution < 1.29 is 9.53 Å². The van der Waals surface area contributed by atoms with Crippen molar-refractivity contribution in [1.29, 1.82) is 0 Å². The highest BCUT2D eigenvalue weighted by molar-refractivity contribution is 5.85. The molecule has 2 heterocycles. The highest BCUT2D eigenvalue weighted by Gasteiger charge is 2.38. The standard InChI is InChI=1S/C17H24N2O2/c1-2-15-18-16(14-6-4-3-5-7-14)17(20)19(15)10-8-13-9-11-21-12-13/h3-7,13,15-16,18H,2,8-12H2,1H3. The van der Waals surface area contributed by atoms with Crippen LogP contribution in [0, 0.1) is 5.92 Å². The molecule has 3 unspecified atom stereocenters. The number of hydrogen-bond donors (Lipinski definition) is 1. The van der Waals surface area contributed by atoms with E-state index in [-0.39, 0.29) is 18.1 Å². The summed E-state index contributed by atoms with van der Waals surface area (Å²) >= 11 is 0. The Bertz CT molecular complexity index is 471. The van der Waals surface area contributed by atoms with Gasteiger partial charge in [0.25, 0.3) is 0 Å². The second-order valence-corrected chi connectivity index (χ2v) is 5.98. The van der Waals surface area contributed by atoms with Gasteiger partial charge in [-0.15, -0.1) is 0 Å². The summed E-state index contributed by atoms with van der Waals surface area (Å²) in [5, 5.41) is 3.48. The molecule has 0 saturated carbocycles. The summed E-state index contributed by atoms with van der Waals surface area (Å²) in [5.41, 5.74) is 1.06. The van der Waals surface area contributed by atoms with E-state index in [1.807, 2.05) is 35.2 Å². The number of benzene rings is 1. The number of nitrogens with one attached hydrogen (secondary N) is 1. The maximum absolute atomic E-state index is 12.7. The van der Waals surface area contributed by atoms with E-state index in [1.54, 1.807) is 0 Å². The Morgan fingerprint density at radius 2 is 2.14 bits per heavy atom. The Kier molecular flexibility index (Phi) is 4.56. The van der Waals surface area contributed by atoms with Gasteiger partial charge in [0, 0.05) is 19.8 Å². The van der Waals surface area contributed by atoms with Crippen LogP contribution in [0.5, 0.6) is 0 Å². The average molecular weight is 288 g/mol. The summed E-state index contributed by atoms with van der Waals surface area (Å²) in [4.78, 5) is 14.7. The molecule has 1 aromatic rings. The van der Waals surface area contributed by atoms with Crippen LogP contribution >= 0.6 is 0 Å². The molecule has 2 fully saturated rings. The second-order valence-electron chi connectivity index (χ2n) is 5.98. The highest BCUT2D eigenvalue weighted by Crippen LogP contribution is 2.27. The van der Waals surface area contributed by atoms with Crippen LogP contribution in [0.1, 0.15) is 37.8 Å². The van der Waals surface area contributed by atoms with Crippen LogP contribution < -0.4 is 5.32 Å². The Balaban J connectivity index is 1.66. The first-order valence-corrected chi connectivity index (χ1v) is 7.98. The summed E-state index contributed by atoms with van der Waals surface area (Å²) in [6, 6.07) is 9.83. The quantitative estimate of drug-likeness (QED) is 0.904. The summed E-state index contributed by atoms with van der Waals surface area (Å²) < 4.78 is 5.42. The zero-order chi connectivity index (χ0) is 14.7. The molecule has 2 aliphatic heterocycles. The molecule has 0 radical (unpaired) electrons. The number of rotatable bonds is 5. The number of amides is 1. The van der Waals surface area contributed by atoms with E-state index < -0.39 is 0 Å². The number of carbonyl (C=O) groups excluding carboxylic acids is 1. The Morgan fingerprint density at radius 3 is 2.81 bits per heavy atom. The number of carbonyl (C=O) groups is 1. The van der Waals surface area contributed by atoms with Gasteiger partial charge in [0.15, 0.2) is 0 Å². The van der Waals surface area contributed by atoms with Gasteiger partial charge in [-0.3, -0.25) is 10.1 Å². The molecule has 0 spiro atoms. The Morgan fingerprint density at radius 1 is 1.33 bits per heavy atom. The minimum atomic E-state index is -0.184. The largest absolute Gasteiger partial charge is 0.381 e. The minimum Gasteiger partial charge on any atom is -0.381 e. The minimum absolute atomic E-state index is 0.157. The fourth-order valence-electron chi connectivity index (χ4n) is 3.29. The van der Waals surface area contributed by atoms with E-state index in [0.29, 0.717) is 5.92 Å². The van der Waals surface area contributed by atoms with Crippen LogP contribution in [-0.4, -0.2) is 36.7 Å². The van der Waals surface area contributed by atoms with E-state index in [4.69, 9.17) is 4.74 Å². The number of hydrogen-bond acceptors (Lipinski definition) is 3. The molecular weight excluding hydrogens is 264 g/mol. The fourth-order valence-corrected chi connectivity index (χ4v) is 3.29. The molecule has 1 aromatic carbocycles. The van der Waals surface area contributed by atoms with E-state index in [1.165, 1.54) is 0 Å². The zero-order valence-electron chi connectivity index (χ0n) is 12.6. The summed E-state index contributed by atoms with van der Waals surface area (Å²) in [7, 11) is 0. The Labute approximate surface area is 126 Å². The lowest BCUT2D eigenvalue weighted by atomic mass is 10.0. The van der Waals surface area contributed by atoms with Crippen molar-refractivity contribution in [3.63, 3.8) is 0 Å². The van der Waals surface area contributed by atoms with Crippen molar-refractivity contribution in [3.05, 3.63) is 35.9 Å². The Hall–Kier alpha value is -1.39. The third-order valence-electron chi connectivity index (χ3n) is 4.59. The van der Waals surface area contributed by atoms with Gasteiger partial charge in [-0.2, -0.15) is 0 Å². The van der Waals surface area contributed by atoms with Crippen molar-refractivity contribution in [1.82, 2.24) is 10.2 Å². The van der Waals surface area contributed by atoms with Crippen molar-refractivity contribution in [2.75, 3.05) is 19.8 Å². The molecule has 1 amide bonds. The first-order chi connectivity index (χ1) is 10.3. The predicted octanol–water partition coefficient (Wildman–Crippen LogP) is 2.32. The lowest BCUT2D eigenvalue weighted by Crippen LogP contribution is -2.38. The van der Waals surface area contributed by atoms with E-state index in [0.717, 1.165) is 44.6 Å². The molecule has 2 aliphatic rings. The zero-order valence-corrected chi connectivity index (χ0v) is 12.6. The molecule has 3 rings (SSSR count). The van der Waals surface area contributed by atoms with Gasteiger partial charge in [0.2, 0.25) is 5.91 Å². The second kappa shape index (κ2) is 6.58. The van der Waals surface area contributed by atoms with Crippen LogP contribution in [0.4, 0.5) is 0 Å². The molecule has 0 aromatic heterocycles. The fraction of sp³-hybridized carbons (Fsp3) is 0.588. The normalized spacial score (nSPS) is 29.3. The summed E-state index contributed by atoms with van der Waals surface area (Å²) in [6.07, 6.45) is 3.28. The predicted molar refractivity (Wildman–Crippen MR) is 81.7 cm³/mol. The van der Waals surface area contributed by atoms with Gasteiger partial charge in [-0.05, 0) is 30.7 Å². The topological polar surface area (TPSA) is 41.6 Å². The van der Waals surface area contributed by atoms with Gasteiger partial charge in [0.1, 0.15) is 6.04 Å².